The fourth-order valence-corrected chi connectivity index (χ4v) is 2.92. The molecule has 1 aromatic rings. The van der Waals surface area contributed by atoms with Crippen LogP contribution in [0.3, 0.4) is 0 Å². The molecule has 0 bridgehead atoms. The average Bonchev–Trinajstić information content (AvgIpc) is 2.78. The Morgan fingerprint density at radius 2 is 2.47 bits per heavy atom. The number of hydrogen-bond acceptors (Lipinski definition) is 4. The summed E-state index contributed by atoms with van der Waals surface area (Å²) in [5, 5.41) is 8.89. The van der Waals surface area contributed by atoms with E-state index in [0.29, 0.717) is 9.61 Å². The van der Waals surface area contributed by atoms with Crippen molar-refractivity contribution in [1.82, 2.24) is 9.97 Å². The van der Waals surface area contributed by atoms with Crippen molar-refractivity contribution in [2.24, 2.45) is 0 Å². The van der Waals surface area contributed by atoms with Crippen molar-refractivity contribution in [1.29, 1.82) is 0 Å². The van der Waals surface area contributed by atoms with Gasteiger partial charge in [-0.2, -0.15) is 0 Å². The first-order chi connectivity index (χ1) is 8.24. The topological polar surface area (TPSA) is 69.2 Å². The number of aromatic nitrogens is 2. The molecule has 1 aliphatic heterocycles. The quantitative estimate of drug-likeness (QED) is 0.800. The van der Waals surface area contributed by atoms with Crippen molar-refractivity contribution in [3.63, 3.8) is 0 Å². The van der Waals surface area contributed by atoms with E-state index in [0.717, 1.165) is 38.0 Å². The molecule has 0 spiro atoms. The number of halogens is 1. The van der Waals surface area contributed by atoms with Gasteiger partial charge in [-0.05, 0) is 48.3 Å². The van der Waals surface area contributed by atoms with Gasteiger partial charge in [0.25, 0.3) is 5.56 Å². The minimum absolute atomic E-state index is 0.0802. The number of aliphatic hydroxyl groups excluding tert-OH is 1. The smallest absolute Gasteiger partial charge is 0.266 e. The van der Waals surface area contributed by atoms with Crippen molar-refractivity contribution in [2.45, 2.75) is 31.7 Å². The number of rotatable bonds is 4. The summed E-state index contributed by atoms with van der Waals surface area (Å²) in [5.41, 5.74) is -0.0802. The molecular formula is C11H16IN3O2. The van der Waals surface area contributed by atoms with Crippen molar-refractivity contribution in [3.8, 4) is 0 Å². The van der Waals surface area contributed by atoms with E-state index in [1.807, 2.05) is 22.6 Å². The lowest BCUT2D eigenvalue weighted by Crippen LogP contribution is -2.32. The number of H-pyrrole nitrogens is 1. The zero-order valence-electron chi connectivity index (χ0n) is 9.53. The largest absolute Gasteiger partial charge is 0.396 e. The van der Waals surface area contributed by atoms with Crippen LogP contribution in [-0.2, 0) is 0 Å². The van der Waals surface area contributed by atoms with E-state index in [2.05, 4.69) is 14.9 Å². The average molecular weight is 349 g/mol. The SMILES string of the molecule is O=c1[nH]cnc(N2CCCC2CCCO)c1I. The van der Waals surface area contributed by atoms with Gasteiger partial charge in [0.1, 0.15) is 9.39 Å². The molecule has 0 amide bonds. The Morgan fingerprint density at radius 1 is 1.65 bits per heavy atom. The molecule has 0 aliphatic carbocycles. The van der Waals surface area contributed by atoms with Crippen LogP contribution >= 0.6 is 22.6 Å². The Balaban J connectivity index is 2.20. The maximum atomic E-state index is 11.5. The third-order valence-electron chi connectivity index (χ3n) is 3.12. The Morgan fingerprint density at radius 3 is 3.24 bits per heavy atom. The molecule has 2 rings (SSSR count). The Labute approximate surface area is 113 Å². The molecule has 1 aromatic heterocycles. The third-order valence-corrected chi connectivity index (χ3v) is 4.10. The van der Waals surface area contributed by atoms with Gasteiger partial charge in [-0.15, -0.1) is 0 Å². The molecule has 17 heavy (non-hydrogen) atoms. The molecule has 0 aromatic carbocycles. The summed E-state index contributed by atoms with van der Waals surface area (Å²) < 4.78 is 0.654. The van der Waals surface area contributed by atoms with E-state index in [1.54, 1.807) is 0 Å². The molecule has 1 aliphatic rings. The lowest BCUT2D eigenvalue weighted by atomic mass is 10.1. The number of aromatic amines is 1. The van der Waals surface area contributed by atoms with Gasteiger partial charge in [0.05, 0.1) is 6.33 Å². The highest BCUT2D eigenvalue weighted by Crippen LogP contribution is 2.28. The monoisotopic (exact) mass is 349 g/mol. The zero-order chi connectivity index (χ0) is 12.3. The molecule has 1 fully saturated rings. The van der Waals surface area contributed by atoms with Crippen molar-refractivity contribution >= 4 is 28.4 Å². The van der Waals surface area contributed by atoms with E-state index in [-0.39, 0.29) is 12.2 Å². The fraction of sp³-hybridized carbons (Fsp3) is 0.636. The molecule has 5 nitrogen and oxygen atoms in total. The van der Waals surface area contributed by atoms with E-state index in [4.69, 9.17) is 5.11 Å². The molecule has 1 saturated heterocycles. The van der Waals surface area contributed by atoms with E-state index in [9.17, 15) is 4.79 Å². The van der Waals surface area contributed by atoms with Crippen LogP contribution in [-0.4, -0.2) is 34.3 Å². The van der Waals surface area contributed by atoms with Crippen molar-refractivity contribution in [3.05, 3.63) is 20.3 Å². The minimum Gasteiger partial charge on any atom is -0.396 e. The predicted molar refractivity (Wildman–Crippen MR) is 74.3 cm³/mol. The first-order valence-electron chi connectivity index (χ1n) is 5.84. The molecule has 1 atom stereocenters. The van der Waals surface area contributed by atoms with Crippen LogP contribution in [0.1, 0.15) is 25.7 Å². The summed E-state index contributed by atoms with van der Waals surface area (Å²) in [5.74, 6) is 0.787. The summed E-state index contributed by atoms with van der Waals surface area (Å²) in [7, 11) is 0. The molecule has 0 radical (unpaired) electrons. The van der Waals surface area contributed by atoms with Gasteiger partial charge < -0.3 is 15.0 Å². The molecule has 2 heterocycles. The van der Waals surface area contributed by atoms with Gasteiger partial charge in [-0.1, -0.05) is 0 Å². The van der Waals surface area contributed by atoms with Crippen LogP contribution in [0, 0.1) is 3.57 Å². The minimum atomic E-state index is -0.0802. The molecule has 2 N–H and O–H groups in total. The van der Waals surface area contributed by atoms with Gasteiger partial charge in [-0.3, -0.25) is 4.79 Å². The maximum Gasteiger partial charge on any atom is 0.266 e. The number of hydrogen-bond donors (Lipinski definition) is 2. The van der Waals surface area contributed by atoms with E-state index in [1.165, 1.54) is 6.33 Å². The second kappa shape index (κ2) is 5.81. The highest BCUT2D eigenvalue weighted by atomic mass is 127. The van der Waals surface area contributed by atoms with E-state index >= 15 is 0 Å². The Bertz CT molecular complexity index is 435. The third kappa shape index (κ3) is 2.79. The molecule has 1 unspecified atom stereocenters. The van der Waals surface area contributed by atoms with Crippen LogP contribution in [0.25, 0.3) is 0 Å². The summed E-state index contributed by atoms with van der Waals surface area (Å²) in [6.45, 7) is 1.17. The Kier molecular flexibility index (Phi) is 4.38. The van der Waals surface area contributed by atoms with Crippen molar-refractivity contribution < 1.29 is 5.11 Å². The highest BCUT2D eigenvalue weighted by molar-refractivity contribution is 14.1. The van der Waals surface area contributed by atoms with Crippen LogP contribution in [0.4, 0.5) is 5.82 Å². The maximum absolute atomic E-state index is 11.5. The number of anilines is 1. The van der Waals surface area contributed by atoms with Crippen LogP contribution in [0.15, 0.2) is 11.1 Å². The summed E-state index contributed by atoms with van der Waals surface area (Å²) in [4.78, 5) is 20.6. The highest BCUT2D eigenvalue weighted by Gasteiger charge is 2.27. The van der Waals surface area contributed by atoms with Crippen molar-refractivity contribution in [2.75, 3.05) is 18.1 Å². The van der Waals surface area contributed by atoms with Gasteiger partial charge >= 0.3 is 0 Å². The van der Waals surface area contributed by atoms with Crippen LogP contribution in [0.5, 0.6) is 0 Å². The lowest BCUT2D eigenvalue weighted by molar-refractivity contribution is 0.279. The van der Waals surface area contributed by atoms with Gasteiger partial charge in [-0.25, -0.2) is 4.98 Å². The first-order valence-corrected chi connectivity index (χ1v) is 6.92. The van der Waals surface area contributed by atoms with Crippen LogP contribution < -0.4 is 10.5 Å². The van der Waals surface area contributed by atoms with Gasteiger partial charge in [0, 0.05) is 19.2 Å². The van der Waals surface area contributed by atoms with Gasteiger partial charge in [0.15, 0.2) is 0 Å². The molecular weight excluding hydrogens is 333 g/mol. The standard InChI is InChI=1S/C11H16IN3O2/c12-9-10(13-7-14-11(9)17)15-5-1-3-8(15)4-2-6-16/h7-8,16H,1-6H2,(H,13,14,17). The molecule has 0 saturated carbocycles. The number of nitrogens with one attached hydrogen (secondary N) is 1. The second-order valence-corrected chi connectivity index (χ2v) is 5.30. The first kappa shape index (κ1) is 12.8. The van der Waals surface area contributed by atoms with E-state index < -0.39 is 0 Å². The number of nitrogens with zero attached hydrogens (tertiary/aromatic N) is 2. The summed E-state index contributed by atoms with van der Waals surface area (Å²) in [6, 6.07) is 0.407. The predicted octanol–water partition coefficient (Wildman–Crippen LogP) is 1.12. The zero-order valence-corrected chi connectivity index (χ0v) is 11.7. The summed E-state index contributed by atoms with van der Waals surface area (Å²) >= 11 is 2.04. The fourth-order valence-electron chi connectivity index (χ4n) is 2.32. The Hall–Kier alpha value is -0.630. The van der Waals surface area contributed by atoms with Crippen LogP contribution in [0.2, 0.25) is 0 Å². The molecule has 94 valence electrons. The van der Waals surface area contributed by atoms with Gasteiger partial charge in [0.2, 0.25) is 0 Å². The summed E-state index contributed by atoms with van der Waals surface area (Å²) in [6.07, 6.45) is 5.47. The normalized spacial score (nSPS) is 19.9. The molecule has 6 heteroatoms. The number of aliphatic hydroxyl groups is 1. The second-order valence-electron chi connectivity index (χ2n) is 4.22. The lowest BCUT2D eigenvalue weighted by Gasteiger charge is -2.26.